The summed E-state index contributed by atoms with van der Waals surface area (Å²) in [7, 11) is -2.90. The molecule has 0 aromatic rings. The van der Waals surface area contributed by atoms with Gasteiger partial charge in [0, 0.05) is 0 Å². The molecule has 18 heavy (non-hydrogen) atoms. The molecule has 0 aromatic heterocycles. The van der Waals surface area contributed by atoms with Gasteiger partial charge in [-0.2, -0.15) is 0 Å². The van der Waals surface area contributed by atoms with E-state index in [4.69, 9.17) is 9.05 Å². The van der Waals surface area contributed by atoms with Gasteiger partial charge in [-0.3, -0.25) is 4.57 Å². The molecule has 1 aliphatic carbocycles. The number of hydrogen-bond acceptors (Lipinski definition) is 3. The molecule has 1 aliphatic rings. The van der Waals surface area contributed by atoms with Crippen LogP contribution in [-0.2, 0) is 13.6 Å². The lowest BCUT2D eigenvalue weighted by Gasteiger charge is -2.26. The van der Waals surface area contributed by atoms with Gasteiger partial charge < -0.3 is 9.05 Å². The molecule has 0 saturated heterocycles. The Morgan fingerprint density at radius 1 is 1.33 bits per heavy atom. The zero-order chi connectivity index (χ0) is 13.6. The fraction of sp³-hybridized carbons (Fsp3) is 0.857. The summed E-state index contributed by atoms with van der Waals surface area (Å²) < 4.78 is 23.1. The molecule has 0 bridgehead atoms. The van der Waals surface area contributed by atoms with E-state index in [-0.39, 0.29) is 0 Å². The fourth-order valence-electron chi connectivity index (χ4n) is 2.43. The van der Waals surface area contributed by atoms with Crippen LogP contribution in [0, 0.1) is 11.8 Å². The molecule has 4 heteroatoms. The SMILES string of the molecule is CCOP(=O)(CC1=CC[C@H](C(C)C)CC1)OCC. The average molecular weight is 274 g/mol. The Labute approximate surface area is 111 Å². The van der Waals surface area contributed by atoms with Crippen LogP contribution in [0.15, 0.2) is 11.6 Å². The third-order valence-corrected chi connectivity index (χ3v) is 5.63. The van der Waals surface area contributed by atoms with Crippen LogP contribution in [0.25, 0.3) is 0 Å². The molecule has 0 saturated carbocycles. The predicted octanol–water partition coefficient (Wildman–Crippen LogP) is 4.64. The largest absolute Gasteiger partial charge is 0.334 e. The molecule has 0 radical (unpaired) electrons. The molecular weight excluding hydrogens is 247 g/mol. The first-order valence-corrected chi connectivity index (χ1v) is 8.79. The highest BCUT2D eigenvalue weighted by Gasteiger charge is 2.27. The summed E-state index contributed by atoms with van der Waals surface area (Å²) in [5.74, 6) is 1.50. The zero-order valence-electron chi connectivity index (χ0n) is 12.1. The van der Waals surface area contributed by atoms with Crippen LogP contribution in [0.1, 0.15) is 47.0 Å². The highest BCUT2D eigenvalue weighted by Crippen LogP contribution is 2.50. The van der Waals surface area contributed by atoms with Gasteiger partial charge in [0.2, 0.25) is 0 Å². The molecule has 0 N–H and O–H groups in total. The normalized spacial score (nSPS) is 21.2. The van der Waals surface area contributed by atoms with E-state index >= 15 is 0 Å². The van der Waals surface area contributed by atoms with Gasteiger partial charge >= 0.3 is 7.60 Å². The topological polar surface area (TPSA) is 35.5 Å². The molecule has 0 amide bonds. The second kappa shape index (κ2) is 7.47. The monoisotopic (exact) mass is 274 g/mol. The highest BCUT2D eigenvalue weighted by atomic mass is 31.2. The van der Waals surface area contributed by atoms with E-state index in [1.54, 1.807) is 0 Å². The van der Waals surface area contributed by atoms with Crippen LogP contribution in [0.3, 0.4) is 0 Å². The van der Waals surface area contributed by atoms with Crippen molar-refractivity contribution in [3.8, 4) is 0 Å². The van der Waals surface area contributed by atoms with Gasteiger partial charge in [0.1, 0.15) is 0 Å². The van der Waals surface area contributed by atoms with Crippen molar-refractivity contribution >= 4 is 7.60 Å². The minimum Gasteiger partial charge on any atom is -0.309 e. The first-order chi connectivity index (χ1) is 8.50. The maximum Gasteiger partial charge on any atom is 0.334 e. The van der Waals surface area contributed by atoms with Crippen molar-refractivity contribution < 1.29 is 13.6 Å². The third kappa shape index (κ3) is 4.87. The predicted molar refractivity (Wildman–Crippen MR) is 76.0 cm³/mol. The second-order valence-electron chi connectivity index (χ2n) is 5.25. The van der Waals surface area contributed by atoms with Crippen molar-refractivity contribution in [1.29, 1.82) is 0 Å². The van der Waals surface area contributed by atoms with E-state index < -0.39 is 7.60 Å². The van der Waals surface area contributed by atoms with Gasteiger partial charge in [-0.1, -0.05) is 25.5 Å². The Balaban J connectivity index is 2.58. The molecule has 0 aromatic carbocycles. The number of rotatable bonds is 7. The van der Waals surface area contributed by atoms with E-state index in [0.717, 1.165) is 24.7 Å². The molecule has 1 rings (SSSR count). The Bertz CT molecular complexity index is 313. The first kappa shape index (κ1) is 15.9. The number of allylic oxidation sites excluding steroid dienone is 2. The van der Waals surface area contributed by atoms with Crippen molar-refractivity contribution in [2.75, 3.05) is 19.4 Å². The standard InChI is InChI=1S/C14H27O3P/c1-5-16-18(15,17-6-2)11-13-7-9-14(10-8-13)12(3)4/h7,12,14H,5-6,8-11H2,1-4H3/t14-/m0/s1. The maximum absolute atomic E-state index is 12.4. The van der Waals surface area contributed by atoms with Crippen LogP contribution in [-0.4, -0.2) is 19.4 Å². The second-order valence-corrected chi connectivity index (χ2v) is 7.30. The van der Waals surface area contributed by atoms with Crippen LogP contribution in [0.5, 0.6) is 0 Å². The van der Waals surface area contributed by atoms with Gasteiger partial charge in [0.25, 0.3) is 0 Å². The van der Waals surface area contributed by atoms with E-state index in [9.17, 15) is 4.57 Å². The summed E-state index contributed by atoms with van der Waals surface area (Å²) in [5, 5.41) is 0. The van der Waals surface area contributed by atoms with Gasteiger partial charge in [-0.15, -0.1) is 0 Å². The van der Waals surface area contributed by atoms with Crippen molar-refractivity contribution in [3.63, 3.8) is 0 Å². The molecule has 0 fully saturated rings. The molecule has 1 atom stereocenters. The molecule has 0 heterocycles. The van der Waals surface area contributed by atoms with E-state index in [1.165, 1.54) is 12.0 Å². The summed E-state index contributed by atoms with van der Waals surface area (Å²) in [5.41, 5.74) is 1.25. The highest BCUT2D eigenvalue weighted by molar-refractivity contribution is 7.54. The van der Waals surface area contributed by atoms with Gasteiger partial charge in [-0.05, 0) is 44.9 Å². The maximum atomic E-state index is 12.4. The quantitative estimate of drug-likeness (QED) is 0.501. The molecule has 0 spiro atoms. The third-order valence-electron chi connectivity index (χ3n) is 3.54. The lowest BCUT2D eigenvalue weighted by molar-refractivity contribution is 0.221. The molecule has 0 unspecified atom stereocenters. The van der Waals surface area contributed by atoms with Crippen molar-refractivity contribution in [2.24, 2.45) is 11.8 Å². The Morgan fingerprint density at radius 3 is 2.33 bits per heavy atom. The van der Waals surface area contributed by atoms with Gasteiger partial charge in [0.15, 0.2) is 0 Å². The zero-order valence-corrected chi connectivity index (χ0v) is 13.0. The van der Waals surface area contributed by atoms with E-state index in [0.29, 0.717) is 19.4 Å². The summed E-state index contributed by atoms with van der Waals surface area (Å²) in [6.07, 6.45) is 6.05. The molecule has 0 aliphatic heterocycles. The lowest BCUT2D eigenvalue weighted by Crippen LogP contribution is -2.14. The molecular formula is C14H27O3P. The fourth-order valence-corrected chi connectivity index (χ4v) is 4.26. The van der Waals surface area contributed by atoms with Crippen LogP contribution in [0.4, 0.5) is 0 Å². The molecule has 3 nitrogen and oxygen atoms in total. The van der Waals surface area contributed by atoms with Crippen LogP contribution in [0.2, 0.25) is 0 Å². The first-order valence-electron chi connectivity index (χ1n) is 7.06. The van der Waals surface area contributed by atoms with E-state index in [1.807, 2.05) is 13.8 Å². The van der Waals surface area contributed by atoms with Crippen molar-refractivity contribution in [2.45, 2.75) is 47.0 Å². The summed E-state index contributed by atoms with van der Waals surface area (Å²) in [6, 6.07) is 0. The Hall–Kier alpha value is -0.110. The summed E-state index contributed by atoms with van der Waals surface area (Å²) in [6.45, 7) is 9.15. The van der Waals surface area contributed by atoms with Crippen molar-refractivity contribution in [3.05, 3.63) is 11.6 Å². The summed E-state index contributed by atoms with van der Waals surface area (Å²) in [4.78, 5) is 0. The van der Waals surface area contributed by atoms with Gasteiger partial charge in [-0.25, -0.2) is 0 Å². The van der Waals surface area contributed by atoms with Crippen LogP contribution >= 0.6 is 7.60 Å². The van der Waals surface area contributed by atoms with Crippen LogP contribution < -0.4 is 0 Å². The average Bonchev–Trinajstić information content (AvgIpc) is 2.30. The molecule has 106 valence electrons. The Kier molecular flexibility index (Phi) is 6.62. The summed E-state index contributed by atoms with van der Waals surface area (Å²) >= 11 is 0. The van der Waals surface area contributed by atoms with Crippen molar-refractivity contribution in [1.82, 2.24) is 0 Å². The number of hydrogen-bond donors (Lipinski definition) is 0. The smallest absolute Gasteiger partial charge is 0.309 e. The lowest BCUT2D eigenvalue weighted by atomic mass is 9.83. The minimum absolute atomic E-state index is 0.444. The minimum atomic E-state index is -2.90. The van der Waals surface area contributed by atoms with E-state index in [2.05, 4.69) is 19.9 Å². The Morgan fingerprint density at radius 2 is 1.94 bits per heavy atom. The van der Waals surface area contributed by atoms with Gasteiger partial charge in [0.05, 0.1) is 19.4 Å².